The molecule has 0 spiro atoms. The van der Waals surface area contributed by atoms with Crippen LogP contribution in [0.15, 0.2) is 48.5 Å². The van der Waals surface area contributed by atoms with Gasteiger partial charge in [0.25, 0.3) is 5.69 Å². The lowest BCUT2D eigenvalue weighted by Crippen LogP contribution is -2.08. The second-order valence-corrected chi connectivity index (χ2v) is 5.58. The number of carbonyl (C=O) groups excluding carboxylic acids is 1. The highest BCUT2D eigenvalue weighted by molar-refractivity contribution is 5.91. The molecule has 0 atom stereocenters. The van der Waals surface area contributed by atoms with E-state index in [4.69, 9.17) is 9.47 Å². The summed E-state index contributed by atoms with van der Waals surface area (Å²) >= 11 is 0. The van der Waals surface area contributed by atoms with Gasteiger partial charge in [-0.1, -0.05) is 32.3 Å². The molecule has 0 aromatic heterocycles. The Morgan fingerprint density at radius 3 is 2.44 bits per heavy atom. The molecule has 25 heavy (non-hydrogen) atoms. The monoisotopic (exact) mass is 343 g/mol. The predicted molar refractivity (Wildman–Crippen MR) is 94.1 cm³/mol. The van der Waals surface area contributed by atoms with Crippen molar-refractivity contribution in [3.63, 3.8) is 0 Å². The van der Waals surface area contributed by atoms with Gasteiger partial charge in [0.1, 0.15) is 11.5 Å². The third kappa shape index (κ3) is 5.91. The molecule has 0 unspecified atom stereocenters. The number of non-ortho nitro benzene ring substituents is 1. The highest BCUT2D eigenvalue weighted by Gasteiger charge is 2.13. The van der Waals surface area contributed by atoms with E-state index in [0.717, 1.165) is 12.8 Å². The minimum absolute atomic E-state index is 0.130. The first-order valence-corrected chi connectivity index (χ1v) is 8.29. The van der Waals surface area contributed by atoms with Crippen LogP contribution in [0, 0.1) is 10.1 Å². The molecule has 0 amide bonds. The minimum atomic E-state index is -0.642. The molecule has 0 aliphatic rings. The second-order valence-electron chi connectivity index (χ2n) is 5.58. The van der Waals surface area contributed by atoms with E-state index >= 15 is 0 Å². The summed E-state index contributed by atoms with van der Waals surface area (Å²) in [5.41, 5.74) is -0.0216. The lowest BCUT2D eigenvalue weighted by Gasteiger charge is -2.08. The quantitative estimate of drug-likeness (QED) is 0.215. The number of unbranched alkanes of at least 4 members (excludes halogenated alkanes) is 3. The Bertz CT molecular complexity index is 712. The molecular weight excluding hydrogens is 322 g/mol. The molecule has 6 heteroatoms. The first kappa shape index (κ1) is 18.4. The molecule has 132 valence electrons. The van der Waals surface area contributed by atoms with Crippen LogP contribution >= 0.6 is 0 Å². The van der Waals surface area contributed by atoms with Crippen molar-refractivity contribution in [2.75, 3.05) is 6.61 Å². The summed E-state index contributed by atoms with van der Waals surface area (Å²) in [6, 6.07) is 12.2. The van der Waals surface area contributed by atoms with Gasteiger partial charge in [-0.15, -0.1) is 0 Å². The average molecular weight is 343 g/mol. The van der Waals surface area contributed by atoms with Crippen LogP contribution in [0.2, 0.25) is 0 Å². The number of esters is 1. The molecule has 0 heterocycles. The van der Waals surface area contributed by atoms with Gasteiger partial charge in [0.15, 0.2) is 0 Å². The van der Waals surface area contributed by atoms with Crippen molar-refractivity contribution in [2.24, 2.45) is 0 Å². The number of carbonyl (C=O) groups is 1. The maximum atomic E-state index is 12.1. The van der Waals surface area contributed by atoms with Crippen molar-refractivity contribution in [1.82, 2.24) is 0 Å². The molecule has 2 aromatic rings. The van der Waals surface area contributed by atoms with Crippen molar-refractivity contribution < 1.29 is 19.2 Å². The van der Waals surface area contributed by atoms with Crippen molar-refractivity contribution in [3.05, 3.63) is 64.2 Å². The maximum Gasteiger partial charge on any atom is 0.343 e. The van der Waals surface area contributed by atoms with E-state index in [1.54, 1.807) is 24.3 Å². The molecule has 0 saturated heterocycles. The lowest BCUT2D eigenvalue weighted by atomic mass is 10.2. The fourth-order valence-corrected chi connectivity index (χ4v) is 2.24. The molecule has 6 nitrogen and oxygen atoms in total. The molecule has 0 fully saturated rings. The molecule has 0 aliphatic carbocycles. The zero-order valence-corrected chi connectivity index (χ0v) is 14.1. The number of ether oxygens (including phenoxy) is 2. The van der Waals surface area contributed by atoms with Gasteiger partial charge in [0.2, 0.25) is 0 Å². The third-order valence-electron chi connectivity index (χ3n) is 3.59. The molecule has 0 N–H and O–H groups in total. The van der Waals surface area contributed by atoms with E-state index < -0.39 is 10.9 Å². The topological polar surface area (TPSA) is 78.7 Å². The van der Waals surface area contributed by atoms with E-state index in [1.807, 2.05) is 0 Å². The van der Waals surface area contributed by atoms with E-state index in [9.17, 15) is 14.9 Å². The van der Waals surface area contributed by atoms with Crippen LogP contribution in [0.1, 0.15) is 43.0 Å². The normalized spacial score (nSPS) is 10.3. The van der Waals surface area contributed by atoms with Crippen LogP contribution in [-0.2, 0) is 0 Å². The Morgan fingerprint density at radius 1 is 1.04 bits per heavy atom. The maximum absolute atomic E-state index is 12.1. The summed E-state index contributed by atoms with van der Waals surface area (Å²) in [5, 5.41) is 10.8. The molecule has 0 radical (unpaired) electrons. The van der Waals surface area contributed by atoms with Gasteiger partial charge in [-0.3, -0.25) is 10.1 Å². The summed E-state index contributed by atoms with van der Waals surface area (Å²) in [4.78, 5) is 22.3. The zero-order chi connectivity index (χ0) is 18.1. The minimum Gasteiger partial charge on any atom is -0.494 e. The number of nitro benzene ring substituents is 1. The fourth-order valence-electron chi connectivity index (χ4n) is 2.24. The average Bonchev–Trinajstić information content (AvgIpc) is 2.63. The summed E-state index contributed by atoms with van der Waals surface area (Å²) in [6.45, 7) is 2.82. The second kappa shape index (κ2) is 9.42. The zero-order valence-electron chi connectivity index (χ0n) is 14.1. The molecule has 2 aromatic carbocycles. The van der Waals surface area contributed by atoms with Gasteiger partial charge >= 0.3 is 5.97 Å². The van der Waals surface area contributed by atoms with E-state index in [1.165, 1.54) is 37.1 Å². The fraction of sp³-hybridized carbons (Fsp3) is 0.316. The summed E-state index contributed by atoms with van der Waals surface area (Å²) < 4.78 is 10.9. The van der Waals surface area contributed by atoms with Crippen molar-refractivity contribution in [2.45, 2.75) is 32.6 Å². The number of hydrogen-bond donors (Lipinski definition) is 0. The Morgan fingerprint density at radius 2 is 1.76 bits per heavy atom. The molecule has 2 rings (SSSR count). The van der Waals surface area contributed by atoms with Crippen LogP contribution < -0.4 is 9.47 Å². The first-order valence-electron chi connectivity index (χ1n) is 8.29. The van der Waals surface area contributed by atoms with Crippen LogP contribution in [0.4, 0.5) is 5.69 Å². The van der Waals surface area contributed by atoms with Gasteiger partial charge in [-0.2, -0.15) is 0 Å². The molecule has 0 bridgehead atoms. The third-order valence-corrected chi connectivity index (χ3v) is 3.59. The van der Waals surface area contributed by atoms with Crippen molar-refractivity contribution in [3.8, 4) is 11.5 Å². The number of rotatable bonds is 9. The Hall–Kier alpha value is -2.89. The highest BCUT2D eigenvalue weighted by Crippen LogP contribution is 2.20. The van der Waals surface area contributed by atoms with E-state index in [2.05, 4.69) is 6.92 Å². The predicted octanol–water partition coefficient (Wildman–Crippen LogP) is 4.77. The molecular formula is C19H21NO5. The van der Waals surface area contributed by atoms with E-state index in [-0.39, 0.29) is 11.3 Å². The summed E-state index contributed by atoms with van der Waals surface area (Å²) in [5.74, 6) is 0.429. The summed E-state index contributed by atoms with van der Waals surface area (Å²) in [7, 11) is 0. The van der Waals surface area contributed by atoms with Gasteiger partial charge in [0.05, 0.1) is 17.1 Å². The number of hydrogen-bond acceptors (Lipinski definition) is 5. The van der Waals surface area contributed by atoms with Crippen LogP contribution in [0.5, 0.6) is 11.5 Å². The van der Waals surface area contributed by atoms with Gasteiger partial charge in [-0.25, -0.2) is 4.79 Å². The van der Waals surface area contributed by atoms with Crippen LogP contribution in [0.25, 0.3) is 0 Å². The van der Waals surface area contributed by atoms with Gasteiger partial charge in [0, 0.05) is 12.1 Å². The lowest BCUT2D eigenvalue weighted by molar-refractivity contribution is -0.384. The summed E-state index contributed by atoms with van der Waals surface area (Å²) in [6.07, 6.45) is 4.55. The van der Waals surface area contributed by atoms with Crippen molar-refractivity contribution >= 4 is 11.7 Å². The smallest absolute Gasteiger partial charge is 0.343 e. The highest BCUT2D eigenvalue weighted by atomic mass is 16.6. The Kier molecular flexibility index (Phi) is 6.95. The molecule has 0 saturated carbocycles. The number of nitrogens with zero attached hydrogens (tertiary/aromatic N) is 1. The SMILES string of the molecule is CCCCCCOc1ccc(OC(=O)c2cccc([N+](=O)[O-])c2)cc1. The largest absolute Gasteiger partial charge is 0.494 e. The standard InChI is InChI=1S/C19H21NO5/c1-2-3-4-5-13-24-17-9-11-18(12-10-17)25-19(21)15-7-6-8-16(14-15)20(22)23/h6-12,14H,2-5,13H2,1H3. The van der Waals surface area contributed by atoms with Gasteiger partial charge in [-0.05, 0) is 36.8 Å². The van der Waals surface area contributed by atoms with Gasteiger partial charge < -0.3 is 9.47 Å². The van der Waals surface area contributed by atoms with Crippen molar-refractivity contribution in [1.29, 1.82) is 0 Å². The number of nitro groups is 1. The number of benzene rings is 2. The van der Waals surface area contributed by atoms with Crippen LogP contribution in [0.3, 0.4) is 0 Å². The van der Waals surface area contributed by atoms with Crippen LogP contribution in [-0.4, -0.2) is 17.5 Å². The first-order chi connectivity index (χ1) is 12.1. The Balaban J connectivity index is 1.89. The Labute approximate surface area is 146 Å². The van der Waals surface area contributed by atoms with E-state index in [0.29, 0.717) is 18.1 Å². The molecule has 0 aliphatic heterocycles.